The number of hydrogen-bond donors (Lipinski definition) is 1. The Morgan fingerprint density at radius 1 is 0.947 bits per heavy atom. The van der Waals surface area contributed by atoms with Crippen molar-refractivity contribution in [2.24, 2.45) is 0 Å². The predicted molar refractivity (Wildman–Crippen MR) is 74.4 cm³/mol. The molecule has 0 bridgehead atoms. The summed E-state index contributed by atoms with van der Waals surface area (Å²) >= 11 is 0. The van der Waals surface area contributed by atoms with Crippen LogP contribution in [0.3, 0.4) is 0 Å². The van der Waals surface area contributed by atoms with Crippen LogP contribution in [0.2, 0.25) is 0 Å². The lowest BCUT2D eigenvalue weighted by molar-refractivity contribution is 0.606. The summed E-state index contributed by atoms with van der Waals surface area (Å²) in [7, 11) is -3.73. The van der Waals surface area contributed by atoms with Gasteiger partial charge in [0.25, 0.3) is 10.0 Å². The molecule has 0 radical (unpaired) electrons. The zero-order valence-electron chi connectivity index (χ0n) is 9.95. The summed E-state index contributed by atoms with van der Waals surface area (Å²) < 4.78 is 39.0. The Bertz CT molecular complexity index is 682. The van der Waals surface area contributed by atoms with Crippen LogP contribution in [-0.4, -0.2) is 8.42 Å². The van der Waals surface area contributed by atoms with Crippen molar-refractivity contribution in [3.8, 4) is 0 Å². The summed E-state index contributed by atoms with van der Waals surface area (Å²) in [5.41, 5.74) is 0.682. The van der Waals surface area contributed by atoms with Crippen molar-refractivity contribution >= 4 is 21.8 Å². The second kappa shape index (κ2) is 5.67. The van der Waals surface area contributed by atoms with Gasteiger partial charge in [0.1, 0.15) is 5.82 Å². The maximum absolute atomic E-state index is 13.3. The summed E-state index contributed by atoms with van der Waals surface area (Å²) in [6.07, 6.45) is 1.45. The van der Waals surface area contributed by atoms with Gasteiger partial charge in [0.05, 0.1) is 11.1 Å². The normalized spacial score (nSPS) is 11.6. The van der Waals surface area contributed by atoms with Crippen LogP contribution in [0.25, 0.3) is 6.08 Å². The molecule has 0 amide bonds. The minimum Gasteiger partial charge on any atom is -0.277 e. The monoisotopic (exact) mass is 277 g/mol. The van der Waals surface area contributed by atoms with Crippen LogP contribution in [0.5, 0.6) is 0 Å². The standard InChI is InChI=1S/C14H12FNO2S/c15-13-8-4-5-9-14(13)16-19(17,18)11-10-12-6-2-1-3-7-12/h1-11,16H/b11-10-. The average Bonchev–Trinajstić information content (AvgIpc) is 2.40. The lowest BCUT2D eigenvalue weighted by atomic mass is 10.2. The van der Waals surface area contributed by atoms with Crippen LogP contribution in [0, 0.1) is 5.82 Å². The number of anilines is 1. The van der Waals surface area contributed by atoms with Gasteiger partial charge in [-0.2, -0.15) is 0 Å². The van der Waals surface area contributed by atoms with Gasteiger partial charge in [-0.05, 0) is 23.8 Å². The average molecular weight is 277 g/mol. The molecule has 0 atom stereocenters. The van der Waals surface area contributed by atoms with Gasteiger partial charge >= 0.3 is 0 Å². The third-order valence-corrected chi connectivity index (χ3v) is 3.36. The van der Waals surface area contributed by atoms with Crippen LogP contribution in [0.15, 0.2) is 60.0 Å². The Labute approximate surface area is 111 Å². The fourth-order valence-corrected chi connectivity index (χ4v) is 2.34. The van der Waals surface area contributed by atoms with Crippen LogP contribution in [0.4, 0.5) is 10.1 Å². The number of para-hydroxylation sites is 1. The summed E-state index contributed by atoms with van der Waals surface area (Å²) in [5.74, 6) is -0.612. The largest absolute Gasteiger partial charge is 0.277 e. The molecule has 2 aromatic carbocycles. The summed E-state index contributed by atoms with van der Waals surface area (Å²) in [5, 5.41) is 1.01. The molecule has 0 saturated carbocycles. The molecule has 0 spiro atoms. The van der Waals surface area contributed by atoms with Gasteiger partial charge in [0.15, 0.2) is 0 Å². The highest BCUT2D eigenvalue weighted by molar-refractivity contribution is 7.95. The molecule has 2 aromatic rings. The molecule has 2 rings (SSSR count). The van der Waals surface area contributed by atoms with E-state index in [-0.39, 0.29) is 5.69 Å². The van der Waals surface area contributed by atoms with Crippen molar-refractivity contribution < 1.29 is 12.8 Å². The van der Waals surface area contributed by atoms with Crippen molar-refractivity contribution in [2.75, 3.05) is 4.72 Å². The SMILES string of the molecule is O=S(=O)(/C=C\c1ccccc1)Nc1ccccc1F. The maximum Gasteiger partial charge on any atom is 0.255 e. The van der Waals surface area contributed by atoms with Gasteiger partial charge in [-0.25, -0.2) is 12.8 Å². The topological polar surface area (TPSA) is 46.2 Å². The van der Waals surface area contributed by atoms with Crippen LogP contribution in [-0.2, 0) is 10.0 Å². The number of hydrogen-bond acceptors (Lipinski definition) is 2. The van der Waals surface area contributed by atoms with E-state index in [0.717, 1.165) is 11.0 Å². The third kappa shape index (κ3) is 3.93. The first-order chi connectivity index (χ1) is 9.07. The van der Waals surface area contributed by atoms with Crippen molar-refractivity contribution in [1.29, 1.82) is 0 Å². The van der Waals surface area contributed by atoms with E-state index in [4.69, 9.17) is 0 Å². The number of rotatable bonds is 4. The molecule has 0 aliphatic rings. The zero-order valence-corrected chi connectivity index (χ0v) is 10.8. The van der Waals surface area contributed by atoms with Crippen LogP contribution in [0.1, 0.15) is 5.56 Å². The van der Waals surface area contributed by atoms with Gasteiger partial charge in [-0.3, -0.25) is 4.72 Å². The van der Waals surface area contributed by atoms with Crippen molar-refractivity contribution in [1.82, 2.24) is 0 Å². The van der Waals surface area contributed by atoms with E-state index in [0.29, 0.717) is 0 Å². The molecule has 0 aliphatic heterocycles. The summed E-state index contributed by atoms with van der Waals surface area (Å²) in [6, 6.07) is 14.6. The quantitative estimate of drug-likeness (QED) is 0.932. The highest BCUT2D eigenvalue weighted by Crippen LogP contribution is 2.15. The Morgan fingerprint density at radius 2 is 1.58 bits per heavy atom. The minimum atomic E-state index is -3.73. The first-order valence-electron chi connectivity index (χ1n) is 5.57. The number of nitrogens with one attached hydrogen (secondary N) is 1. The number of halogens is 1. The molecule has 3 nitrogen and oxygen atoms in total. The fourth-order valence-electron chi connectivity index (χ4n) is 1.46. The highest BCUT2D eigenvalue weighted by atomic mass is 32.2. The molecule has 0 aliphatic carbocycles. The van der Waals surface area contributed by atoms with Gasteiger partial charge in [-0.1, -0.05) is 42.5 Å². The lowest BCUT2D eigenvalue weighted by Crippen LogP contribution is -2.09. The van der Waals surface area contributed by atoms with E-state index in [1.54, 1.807) is 30.3 Å². The van der Waals surface area contributed by atoms with Gasteiger partial charge in [0, 0.05) is 0 Å². The second-order valence-electron chi connectivity index (χ2n) is 3.84. The van der Waals surface area contributed by atoms with Crippen molar-refractivity contribution in [2.45, 2.75) is 0 Å². The van der Waals surface area contributed by atoms with E-state index < -0.39 is 15.8 Å². The molecule has 0 aromatic heterocycles. The Kier molecular flexibility index (Phi) is 3.97. The summed E-state index contributed by atoms with van der Waals surface area (Å²) in [4.78, 5) is 0. The molecule has 5 heteroatoms. The molecule has 1 N–H and O–H groups in total. The molecule has 19 heavy (non-hydrogen) atoms. The molecule has 0 saturated heterocycles. The Balaban J connectivity index is 2.16. The van der Waals surface area contributed by atoms with Gasteiger partial charge < -0.3 is 0 Å². The predicted octanol–water partition coefficient (Wildman–Crippen LogP) is 3.24. The van der Waals surface area contributed by atoms with Crippen molar-refractivity contribution in [3.05, 3.63) is 71.4 Å². The molecule has 0 fully saturated rings. The molecule has 0 unspecified atom stereocenters. The molecular weight excluding hydrogens is 265 g/mol. The number of sulfonamides is 1. The lowest BCUT2D eigenvalue weighted by Gasteiger charge is -2.04. The Morgan fingerprint density at radius 3 is 2.26 bits per heavy atom. The molecule has 0 heterocycles. The Hall–Kier alpha value is -2.14. The molecular formula is C14H12FNO2S. The van der Waals surface area contributed by atoms with E-state index >= 15 is 0 Å². The maximum atomic E-state index is 13.3. The van der Waals surface area contributed by atoms with E-state index in [2.05, 4.69) is 4.72 Å². The first kappa shape index (κ1) is 13.3. The zero-order chi connectivity index (χ0) is 13.7. The van der Waals surface area contributed by atoms with E-state index in [1.165, 1.54) is 24.3 Å². The van der Waals surface area contributed by atoms with Crippen LogP contribution < -0.4 is 4.72 Å². The molecule has 98 valence electrons. The van der Waals surface area contributed by atoms with Crippen molar-refractivity contribution in [3.63, 3.8) is 0 Å². The highest BCUT2D eigenvalue weighted by Gasteiger charge is 2.08. The van der Waals surface area contributed by atoms with E-state index in [1.807, 2.05) is 6.07 Å². The fraction of sp³-hybridized carbons (Fsp3) is 0. The minimum absolute atomic E-state index is 0.0692. The second-order valence-corrected chi connectivity index (χ2v) is 5.41. The van der Waals surface area contributed by atoms with Gasteiger partial charge in [0.2, 0.25) is 0 Å². The van der Waals surface area contributed by atoms with E-state index in [9.17, 15) is 12.8 Å². The van der Waals surface area contributed by atoms with Crippen LogP contribution >= 0.6 is 0 Å². The van der Waals surface area contributed by atoms with Gasteiger partial charge in [-0.15, -0.1) is 0 Å². The smallest absolute Gasteiger partial charge is 0.255 e. The number of benzene rings is 2. The first-order valence-corrected chi connectivity index (χ1v) is 7.12. The summed E-state index contributed by atoms with van der Waals surface area (Å²) in [6.45, 7) is 0. The third-order valence-electron chi connectivity index (χ3n) is 2.37.